The number of nitrogens with zero attached hydrogens (tertiary/aromatic N) is 1. The SMILES string of the molecule is CCN(CCNCc1cc(F)c(O)c(F)c1)C1CC1. The molecule has 3 nitrogen and oxygen atoms in total. The maximum atomic E-state index is 13.1. The van der Waals surface area contributed by atoms with E-state index in [0.29, 0.717) is 12.1 Å². The summed E-state index contributed by atoms with van der Waals surface area (Å²) < 4.78 is 26.2. The van der Waals surface area contributed by atoms with Crippen LogP contribution < -0.4 is 5.32 Å². The second-order valence-electron chi connectivity index (χ2n) is 4.94. The molecule has 0 spiro atoms. The lowest BCUT2D eigenvalue weighted by molar-refractivity contribution is 0.277. The molecule has 1 aliphatic rings. The third kappa shape index (κ3) is 3.88. The van der Waals surface area contributed by atoms with Crippen molar-refractivity contribution < 1.29 is 13.9 Å². The number of rotatable bonds is 7. The van der Waals surface area contributed by atoms with Gasteiger partial charge in [-0.15, -0.1) is 0 Å². The molecule has 0 aromatic heterocycles. The highest BCUT2D eigenvalue weighted by molar-refractivity contribution is 5.29. The van der Waals surface area contributed by atoms with Crippen molar-refractivity contribution in [3.63, 3.8) is 0 Å². The molecule has 2 N–H and O–H groups in total. The number of hydrogen-bond acceptors (Lipinski definition) is 3. The second-order valence-corrected chi connectivity index (χ2v) is 4.94. The Labute approximate surface area is 112 Å². The van der Waals surface area contributed by atoms with E-state index in [2.05, 4.69) is 17.1 Å². The molecule has 0 atom stereocenters. The van der Waals surface area contributed by atoms with Gasteiger partial charge in [-0.25, -0.2) is 8.78 Å². The van der Waals surface area contributed by atoms with Gasteiger partial charge in [-0.3, -0.25) is 4.90 Å². The van der Waals surface area contributed by atoms with Crippen molar-refractivity contribution in [1.29, 1.82) is 0 Å². The van der Waals surface area contributed by atoms with Gasteiger partial charge in [-0.1, -0.05) is 6.92 Å². The molecule has 0 aliphatic heterocycles. The molecule has 106 valence electrons. The van der Waals surface area contributed by atoms with Crippen molar-refractivity contribution in [1.82, 2.24) is 10.2 Å². The Bertz CT molecular complexity index is 412. The number of hydrogen-bond donors (Lipinski definition) is 2. The molecule has 1 saturated carbocycles. The molecule has 2 rings (SSSR count). The van der Waals surface area contributed by atoms with Gasteiger partial charge in [0.2, 0.25) is 0 Å². The third-order valence-corrected chi connectivity index (χ3v) is 3.45. The van der Waals surface area contributed by atoms with Crippen molar-refractivity contribution in [2.24, 2.45) is 0 Å². The summed E-state index contributed by atoms with van der Waals surface area (Å²) in [5, 5.41) is 12.2. The Morgan fingerprint density at radius 2 is 1.95 bits per heavy atom. The Hall–Kier alpha value is -1.20. The smallest absolute Gasteiger partial charge is 0.187 e. The van der Waals surface area contributed by atoms with Crippen LogP contribution in [-0.4, -0.2) is 35.7 Å². The molecular formula is C14H20F2N2O. The number of halogens is 2. The van der Waals surface area contributed by atoms with Crippen molar-refractivity contribution >= 4 is 0 Å². The fourth-order valence-electron chi connectivity index (χ4n) is 2.21. The summed E-state index contributed by atoms with van der Waals surface area (Å²) in [5.41, 5.74) is 0.502. The molecule has 1 aromatic rings. The molecule has 1 aliphatic carbocycles. The number of aromatic hydroxyl groups is 1. The third-order valence-electron chi connectivity index (χ3n) is 3.45. The normalized spacial score (nSPS) is 15.2. The fourth-order valence-corrected chi connectivity index (χ4v) is 2.21. The number of phenolic OH excluding ortho intramolecular Hbond substituents is 1. The molecule has 1 fully saturated rings. The van der Waals surface area contributed by atoms with Crippen LogP contribution in [0.5, 0.6) is 5.75 Å². The first kappa shape index (κ1) is 14.2. The van der Waals surface area contributed by atoms with Crippen LogP contribution in [-0.2, 0) is 6.54 Å². The zero-order chi connectivity index (χ0) is 13.8. The Kier molecular flexibility index (Phi) is 4.71. The lowest BCUT2D eigenvalue weighted by Gasteiger charge is -2.19. The molecule has 1 aromatic carbocycles. The minimum atomic E-state index is -0.912. The lowest BCUT2D eigenvalue weighted by atomic mass is 10.2. The molecule has 0 heterocycles. The van der Waals surface area contributed by atoms with Crippen LogP contribution in [0.1, 0.15) is 25.3 Å². The van der Waals surface area contributed by atoms with Crippen molar-refractivity contribution in [3.8, 4) is 5.75 Å². The lowest BCUT2D eigenvalue weighted by Crippen LogP contribution is -2.33. The van der Waals surface area contributed by atoms with E-state index < -0.39 is 17.4 Å². The summed E-state index contributed by atoms with van der Waals surface area (Å²) in [6, 6.07) is 3.05. The van der Waals surface area contributed by atoms with Crippen molar-refractivity contribution in [3.05, 3.63) is 29.3 Å². The number of benzene rings is 1. The van der Waals surface area contributed by atoms with Gasteiger partial charge in [0.05, 0.1) is 0 Å². The van der Waals surface area contributed by atoms with Crippen LogP contribution in [0.2, 0.25) is 0 Å². The maximum absolute atomic E-state index is 13.1. The van der Waals surface area contributed by atoms with Crippen LogP contribution in [0.25, 0.3) is 0 Å². The van der Waals surface area contributed by atoms with E-state index in [1.807, 2.05) is 0 Å². The summed E-state index contributed by atoms with van der Waals surface area (Å²) in [4.78, 5) is 2.41. The Balaban J connectivity index is 1.76. The summed E-state index contributed by atoms with van der Waals surface area (Å²) in [5.74, 6) is -2.73. The molecule has 19 heavy (non-hydrogen) atoms. The molecular weight excluding hydrogens is 250 g/mol. The van der Waals surface area contributed by atoms with Crippen LogP contribution in [0.15, 0.2) is 12.1 Å². The van der Waals surface area contributed by atoms with E-state index in [4.69, 9.17) is 5.11 Å². The predicted octanol–water partition coefficient (Wildman–Crippen LogP) is 2.24. The van der Waals surface area contributed by atoms with Gasteiger partial charge in [0.1, 0.15) is 0 Å². The van der Waals surface area contributed by atoms with Crippen molar-refractivity contribution in [2.75, 3.05) is 19.6 Å². The Morgan fingerprint density at radius 3 is 2.47 bits per heavy atom. The number of likely N-dealkylation sites (N-methyl/N-ethyl adjacent to an activating group) is 1. The van der Waals surface area contributed by atoms with Crippen LogP contribution in [0.4, 0.5) is 8.78 Å². The molecule has 0 unspecified atom stereocenters. The summed E-state index contributed by atoms with van der Waals surface area (Å²) in [7, 11) is 0. The van der Waals surface area contributed by atoms with Gasteiger partial charge in [0.25, 0.3) is 0 Å². The second kappa shape index (κ2) is 6.30. The first-order valence-corrected chi connectivity index (χ1v) is 6.73. The molecule has 0 amide bonds. The highest BCUT2D eigenvalue weighted by Crippen LogP contribution is 2.25. The van der Waals surface area contributed by atoms with Crippen LogP contribution in [0, 0.1) is 11.6 Å². The molecule has 0 bridgehead atoms. The van der Waals surface area contributed by atoms with E-state index in [0.717, 1.165) is 37.8 Å². The minimum Gasteiger partial charge on any atom is -0.503 e. The number of nitrogens with one attached hydrogen (secondary N) is 1. The van der Waals surface area contributed by atoms with E-state index in [1.165, 1.54) is 12.8 Å². The monoisotopic (exact) mass is 270 g/mol. The average molecular weight is 270 g/mol. The van der Waals surface area contributed by atoms with Gasteiger partial charge < -0.3 is 10.4 Å². The van der Waals surface area contributed by atoms with Crippen LogP contribution >= 0.6 is 0 Å². The fraction of sp³-hybridized carbons (Fsp3) is 0.571. The summed E-state index contributed by atoms with van der Waals surface area (Å²) in [6.07, 6.45) is 2.56. The van der Waals surface area contributed by atoms with Crippen molar-refractivity contribution in [2.45, 2.75) is 32.4 Å². The summed E-state index contributed by atoms with van der Waals surface area (Å²) >= 11 is 0. The largest absolute Gasteiger partial charge is 0.503 e. The summed E-state index contributed by atoms with van der Waals surface area (Å²) in [6.45, 7) is 5.31. The van der Waals surface area contributed by atoms with Gasteiger partial charge in [-0.05, 0) is 37.1 Å². The highest BCUT2D eigenvalue weighted by Gasteiger charge is 2.26. The first-order chi connectivity index (χ1) is 9.11. The molecule has 0 radical (unpaired) electrons. The van der Waals surface area contributed by atoms with E-state index in [1.54, 1.807) is 0 Å². The zero-order valence-electron chi connectivity index (χ0n) is 11.1. The molecule has 5 heteroatoms. The maximum Gasteiger partial charge on any atom is 0.187 e. The van der Waals surface area contributed by atoms with E-state index in [-0.39, 0.29) is 0 Å². The van der Waals surface area contributed by atoms with Gasteiger partial charge in [-0.2, -0.15) is 0 Å². The van der Waals surface area contributed by atoms with Gasteiger partial charge in [0.15, 0.2) is 17.4 Å². The van der Waals surface area contributed by atoms with E-state index >= 15 is 0 Å². The van der Waals surface area contributed by atoms with Crippen LogP contribution in [0.3, 0.4) is 0 Å². The standard InChI is InChI=1S/C14H20F2N2O/c1-2-18(11-3-4-11)6-5-17-9-10-7-12(15)14(19)13(16)8-10/h7-8,11,17,19H,2-6,9H2,1H3. The Morgan fingerprint density at radius 1 is 1.32 bits per heavy atom. The average Bonchev–Trinajstić information content (AvgIpc) is 3.20. The van der Waals surface area contributed by atoms with E-state index in [9.17, 15) is 8.78 Å². The minimum absolute atomic E-state index is 0.399. The zero-order valence-corrected chi connectivity index (χ0v) is 11.1. The topological polar surface area (TPSA) is 35.5 Å². The number of phenols is 1. The first-order valence-electron chi connectivity index (χ1n) is 6.73. The highest BCUT2D eigenvalue weighted by atomic mass is 19.1. The predicted molar refractivity (Wildman–Crippen MR) is 70.0 cm³/mol. The quantitative estimate of drug-likeness (QED) is 0.746. The molecule has 0 saturated heterocycles. The van der Waals surface area contributed by atoms with Gasteiger partial charge in [0, 0.05) is 25.7 Å². The van der Waals surface area contributed by atoms with Gasteiger partial charge >= 0.3 is 0 Å².